The number of carbonyl (C=O) groups is 2. The van der Waals surface area contributed by atoms with Crippen LogP contribution in [0.3, 0.4) is 0 Å². The Bertz CT molecular complexity index is 1030. The third-order valence-electron chi connectivity index (χ3n) is 5.61. The second kappa shape index (κ2) is 9.55. The van der Waals surface area contributed by atoms with Gasteiger partial charge in [-0.1, -0.05) is 24.3 Å². The molecule has 0 spiro atoms. The van der Waals surface area contributed by atoms with Crippen LogP contribution in [0.4, 0.5) is 4.39 Å². The Morgan fingerprint density at radius 2 is 1.77 bits per heavy atom. The van der Waals surface area contributed by atoms with E-state index < -0.39 is 0 Å². The fourth-order valence-corrected chi connectivity index (χ4v) is 3.87. The number of nitrogens with zero attached hydrogens (tertiary/aromatic N) is 3. The fraction of sp³-hybridized carbons (Fsp3) is 0.292. The van der Waals surface area contributed by atoms with E-state index in [2.05, 4.69) is 16.5 Å². The third-order valence-corrected chi connectivity index (χ3v) is 5.61. The molecule has 4 rings (SSSR count). The Morgan fingerprint density at radius 3 is 2.48 bits per heavy atom. The zero-order valence-corrected chi connectivity index (χ0v) is 17.2. The number of hydrogen-bond acceptors (Lipinski definition) is 3. The third kappa shape index (κ3) is 5.36. The first kappa shape index (κ1) is 20.8. The largest absolute Gasteiger partial charge is 0.352 e. The normalized spacial score (nSPS) is 14.4. The van der Waals surface area contributed by atoms with Gasteiger partial charge in [-0.3, -0.25) is 14.3 Å². The number of nitrogens with one attached hydrogen (secondary N) is 1. The van der Waals surface area contributed by atoms with Crippen molar-refractivity contribution in [1.29, 1.82) is 0 Å². The van der Waals surface area contributed by atoms with Gasteiger partial charge in [0, 0.05) is 43.5 Å². The van der Waals surface area contributed by atoms with Crippen molar-refractivity contribution in [2.24, 2.45) is 5.92 Å². The fourth-order valence-electron chi connectivity index (χ4n) is 3.87. The molecule has 31 heavy (non-hydrogen) atoms. The topological polar surface area (TPSA) is 67.2 Å². The van der Waals surface area contributed by atoms with E-state index in [0.717, 1.165) is 11.1 Å². The van der Waals surface area contributed by atoms with Crippen LogP contribution in [-0.2, 0) is 17.9 Å². The molecular formula is C24H25FN4O2. The van der Waals surface area contributed by atoms with E-state index in [1.807, 2.05) is 35.1 Å². The maximum Gasteiger partial charge on any atom is 0.253 e. The number of carbonyl (C=O) groups excluding carboxylic acids is 2. The number of benzene rings is 2. The van der Waals surface area contributed by atoms with Crippen molar-refractivity contribution in [3.05, 3.63) is 89.5 Å². The molecule has 1 saturated heterocycles. The lowest BCUT2D eigenvalue weighted by Gasteiger charge is -2.31. The van der Waals surface area contributed by atoms with Crippen molar-refractivity contribution in [2.75, 3.05) is 13.1 Å². The Labute approximate surface area is 180 Å². The van der Waals surface area contributed by atoms with Gasteiger partial charge in [0.15, 0.2) is 0 Å². The first-order valence-corrected chi connectivity index (χ1v) is 10.5. The Morgan fingerprint density at radius 1 is 1.03 bits per heavy atom. The van der Waals surface area contributed by atoms with Gasteiger partial charge in [0.1, 0.15) is 5.82 Å². The van der Waals surface area contributed by atoms with Gasteiger partial charge in [-0.2, -0.15) is 5.10 Å². The van der Waals surface area contributed by atoms with Crippen molar-refractivity contribution in [1.82, 2.24) is 20.0 Å². The lowest BCUT2D eigenvalue weighted by Crippen LogP contribution is -2.42. The molecule has 0 saturated carbocycles. The molecule has 2 amide bonds. The number of rotatable bonds is 6. The summed E-state index contributed by atoms with van der Waals surface area (Å²) in [7, 11) is 0. The zero-order valence-electron chi connectivity index (χ0n) is 17.2. The lowest BCUT2D eigenvalue weighted by atomic mass is 9.95. The minimum absolute atomic E-state index is 0.0198. The standard InChI is InChI=1S/C24H25FN4O2/c25-22-7-5-21(6-8-22)24(31)28-13-9-20(10-14-28)23(30)26-16-18-3-1-4-19(15-18)17-29-12-2-11-27-29/h1-8,11-12,15,20H,9-10,13-14,16-17H2,(H,26,30). The van der Waals surface area contributed by atoms with Gasteiger partial charge in [-0.25, -0.2) is 4.39 Å². The van der Waals surface area contributed by atoms with Crippen molar-refractivity contribution in [2.45, 2.75) is 25.9 Å². The molecule has 1 aromatic heterocycles. The van der Waals surface area contributed by atoms with Gasteiger partial charge in [-0.05, 0) is 54.3 Å². The van der Waals surface area contributed by atoms with Crippen LogP contribution in [0.15, 0.2) is 67.0 Å². The van der Waals surface area contributed by atoms with Crippen molar-refractivity contribution < 1.29 is 14.0 Å². The quantitative estimate of drug-likeness (QED) is 0.666. The van der Waals surface area contributed by atoms with Gasteiger partial charge in [0.05, 0.1) is 6.54 Å². The van der Waals surface area contributed by atoms with Crippen LogP contribution >= 0.6 is 0 Å². The molecule has 0 radical (unpaired) electrons. The molecule has 1 aliphatic heterocycles. The predicted octanol–water partition coefficient (Wildman–Crippen LogP) is 3.24. The van der Waals surface area contributed by atoms with Crippen LogP contribution in [0.5, 0.6) is 0 Å². The van der Waals surface area contributed by atoms with Crippen LogP contribution in [-0.4, -0.2) is 39.6 Å². The van der Waals surface area contributed by atoms with E-state index in [-0.39, 0.29) is 23.5 Å². The molecule has 0 atom stereocenters. The minimum Gasteiger partial charge on any atom is -0.352 e. The lowest BCUT2D eigenvalue weighted by molar-refractivity contribution is -0.126. The summed E-state index contributed by atoms with van der Waals surface area (Å²) in [6, 6.07) is 15.6. The molecular weight excluding hydrogens is 395 g/mol. The highest BCUT2D eigenvalue weighted by Gasteiger charge is 2.27. The predicted molar refractivity (Wildman–Crippen MR) is 115 cm³/mol. The Kier molecular flexibility index (Phi) is 6.40. The van der Waals surface area contributed by atoms with Crippen molar-refractivity contribution >= 4 is 11.8 Å². The average Bonchev–Trinajstić information content (AvgIpc) is 3.31. The molecule has 6 nitrogen and oxygen atoms in total. The summed E-state index contributed by atoms with van der Waals surface area (Å²) in [6.45, 7) is 2.21. The van der Waals surface area contributed by atoms with Crippen LogP contribution in [0.2, 0.25) is 0 Å². The number of halogens is 1. The number of amides is 2. The zero-order chi connectivity index (χ0) is 21.6. The molecule has 1 fully saturated rings. The molecule has 3 aromatic rings. The molecule has 0 unspecified atom stereocenters. The molecule has 1 N–H and O–H groups in total. The first-order chi connectivity index (χ1) is 15.1. The summed E-state index contributed by atoms with van der Waals surface area (Å²) in [6.07, 6.45) is 4.92. The first-order valence-electron chi connectivity index (χ1n) is 10.5. The van der Waals surface area contributed by atoms with E-state index >= 15 is 0 Å². The number of piperidine rings is 1. The Balaban J connectivity index is 1.26. The summed E-state index contributed by atoms with van der Waals surface area (Å²) in [5.41, 5.74) is 2.64. The number of hydrogen-bond donors (Lipinski definition) is 1. The minimum atomic E-state index is -0.362. The van der Waals surface area contributed by atoms with Gasteiger partial charge in [0.25, 0.3) is 5.91 Å². The van der Waals surface area contributed by atoms with E-state index in [1.54, 1.807) is 11.1 Å². The van der Waals surface area contributed by atoms with Gasteiger partial charge < -0.3 is 10.2 Å². The van der Waals surface area contributed by atoms with Crippen molar-refractivity contribution in [3.63, 3.8) is 0 Å². The van der Waals surface area contributed by atoms with Gasteiger partial charge >= 0.3 is 0 Å². The molecule has 7 heteroatoms. The van der Waals surface area contributed by atoms with Crippen LogP contribution in [0.25, 0.3) is 0 Å². The molecule has 1 aliphatic rings. The monoisotopic (exact) mass is 420 g/mol. The number of likely N-dealkylation sites (tertiary alicyclic amines) is 1. The summed E-state index contributed by atoms with van der Waals surface area (Å²) >= 11 is 0. The summed E-state index contributed by atoms with van der Waals surface area (Å²) in [5.74, 6) is -0.567. The highest BCUT2D eigenvalue weighted by Crippen LogP contribution is 2.20. The van der Waals surface area contributed by atoms with Crippen LogP contribution in [0.1, 0.15) is 34.3 Å². The number of aromatic nitrogens is 2. The second-order valence-electron chi connectivity index (χ2n) is 7.81. The van der Waals surface area contributed by atoms with Crippen molar-refractivity contribution in [3.8, 4) is 0 Å². The van der Waals surface area contributed by atoms with E-state index in [1.165, 1.54) is 24.3 Å². The molecule has 0 bridgehead atoms. The smallest absolute Gasteiger partial charge is 0.253 e. The molecule has 2 heterocycles. The van der Waals surface area contributed by atoms with E-state index in [0.29, 0.717) is 44.6 Å². The summed E-state index contributed by atoms with van der Waals surface area (Å²) < 4.78 is 14.9. The second-order valence-corrected chi connectivity index (χ2v) is 7.81. The van der Waals surface area contributed by atoms with E-state index in [4.69, 9.17) is 0 Å². The highest BCUT2D eigenvalue weighted by atomic mass is 19.1. The van der Waals surface area contributed by atoms with Crippen LogP contribution in [0, 0.1) is 11.7 Å². The molecule has 2 aromatic carbocycles. The SMILES string of the molecule is O=C(NCc1cccc(Cn2cccn2)c1)C1CCN(C(=O)c2ccc(F)cc2)CC1. The van der Waals surface area contributed by atoms with E-state index in [9.17, 15) is 14.0 Å². The Hall–Kier alpha value is -3.48. The van der Waals surface area contributed by atoms with Gasteiger partial charge in [0.2, 0.25) is 5.91 Å². The maximum atomic E-state index is 13.1. The molecule has 160 valence electrons. The molecule has 0 aliphatic carbocycles. The highest BCUT2D eigenvalue weighted by molar-refractivity contribution is 5.94. The average molecular weight is 420 g/mol. The van der Waals surface area contributed by atoms with Gasteiger partial charge in [-0.15, -0.1) is 0 Å². The summed E-state index contributed by atoms with van der Waals surface area (Å²) in [4.78, 5) is 26.9. The summed E-state index contributed by atoms with van der Waals surface area (Å²) in [5, 5.41) is 7.25. The maximum absolute atomic E-state index is 13.1. The van der Waals surface area contributed by atoms with Crippen LogP contribution < -0.4 is 5.32 Å².